The van der Waals surface area contributed by atoms with Crippen LogP contribution in [-0.2, 0) is 17.6 Å². The number of aryl methyl sites for hydroxylation is 1. The molecule has 1 aromatic heterocycles. The SMILES string of the molecule is N#CCCc1nnc(NC2N=C(c3ccccc3)c3ccccc3CC2=O)o1. The zero-order valence-corrected chi connectivity index (χ0v) is 15.0. The second-order valence-electron chi connectivity index (χ2n) is 6.35. The van der Waals surface area contributed by atoms with Gasteiger partial charge in [-0.3, -0.25) is 9.79 Å². The molecular formula is C21H17N5O2. The first-order chi connectivity index (χ1) is 13.7. The highest BCUT2D eigenvalue weighted by atomic mass is 16.4. The zero-order chi connectivity index (χ0) is 19.3. The van der Waals surface area contributed by atoms with Gasteiger partial charge in [-0.15, -0.1) is 5.10 Å². The molecule has 0 spiro atoms. The van der Waals surface area contributed by atoms with E-state index >= 15 is 0 Å². The minimum absolute atomic E-state index is 0.0878. The van der Waals surface area contributed by atoms with E-state index in [9.17, 15) is 4.79 Å². The van der Waals surface area contributed by atoms with Gasteiger partial charge in [0, 0.05) is 30.4 Å². The monoisotopic (exact) mass is 371 g/mol. The molecule has 3 aromatic rings. The maximum atomic E-state index is 12.8. The molecule has 0 aliphatic carbocycles. The van der Waals surface area contributed by atoms with Crippen LogP contribution in [0.5, 0.6) is 0 Å². The van der Waals surface area contributed by atoms with Gasteiger partial charge < -0.3 is 9.73 Å². The molecule has 0 bridgehead atoms. The highest BCUT2D eigenvalue weighted by Crippen LogP contribution is 2.22. The number of hydrogen-bond acceptors (Lipinski definition) is 7. The summed E-state index contributed by atoms with van der Waals surface area (Å²) in [4.78, 5) is 17.5. The number of Topliss-reactive ketones (excluding diaryl/α,β-unsaturated/α-hetero) is 1. The molecule has 28 heavy (non-hydrogen) atoms. The van der Waals surface area contributed by atoms with E-state index in [4.69, 9.17) is 14.7 Å². The van der Waals surface area contributed by atoms with Crippen molar-refractivity contribution < 1.29 is 9.21 Å². The number of carbonyl (C=O) groups is 1. The number of ketones is 1. The summed E-state index contributed by atoms with van der Waals surface area (Å²) in [5.41, 5.74) is 3.53. The number of carbonyl (C=O) groups excluding carboxylic acids is 1. The van der Waals surface area contributed by atoms with E-state index in [2.05, 4.69) is 15.5 Å². The number of rotatable bonds is 5. The third-order valence-electron chi connectivity index (χ3n) is 4.43. The third kappa shape index (κ3) is 3.67. The fourth-order valence-corrected chi connectivity index (χ4v) is 3.09. The van der Waals surface area contributed by atoms with Crippen molar-refractivity contribution in [2.24, 2.45) is 4.99 Å². The average Bonchev–Trinajstić information content (AvgIpc) is 3.12. The van der Waals surface area contributed by atoms with Crippen molar-refractivity contribution in [1.29, 1.82) is 5.26 Å². The van der Waals surface area contributed by atoms with Gasteiger partial charge in [-0.25, -0.2) is 0 Å². The number of aromatic nitrogens is 2. The Hall–Kier alpha value is -3.79. The summed E-state index contributed by atoms with van der Waals surface area (Å²) in [6.45, 7) is 0. The molecule has 0 amide bonds. The minimum Gasteiger partial charge on any atom is -0.408 e. The van der Waals surface area contributed by atoms with Crippen molar-refractivity contribution in [1.82, 2.24) is 10.2 Å². The lowest BCUT2D eigenvalue weighted by Gasteiger charge is -2.11. The largest absolute Gasteiger partial charge is 0.408 e. The Morgan fingerprint density at radius 1 is 1.11 bits per heavy atom. The predicted molar refractivity (Wildman–Crippen MR) is 103 cm³/mol. The minimum atomic E-state index is -0.841. The number of anilines is 1. The molecule has 2 aromatic carbocycles. The summed E-state index contributed by atoms with van der Waals surface area (Å²) in [6.07, 6.45) is 0.0683. The Morgan fingerprint density at radius 2 is 1.89 bits per heavy atom. The standard InChI is InChI=1S/C21H17N5O2/c22-12-6-11-18-25-26-21(28-18)24-20-17(27)13-15-9-4-5-10-16(15)19(23-20)14-7-2-1-3-8-14/h1-5,7-10,20H,6,11,13H2,(H,24,26). The second kappa shape index (κ2) is 7.84. The molecule has 2 heterocycles. The quantitative estimate of drug-likeness (QED) is 0.739. The van der Waals surface area contributed by atoms with E-state index in [1.165, 1.54) is 0 Å². The summed E-state index contributed by atoms with van der Waals surface area (Å²) >= 11 is 0. The zero-order valence-electron chi connectivity index (χ0n) is 15.0. The van der Waals surface area contributed by atoms with Crippen LogP contribution in [0.4, 0.5) is 6.01 Å². The maximum absolute atomic E-state index is 12.8. The summed E-state index contributed by atoms with van der Waals surface area (Å²) in [6, 6.07) is 19.7. The van der Waals surface area contributed by atoms with Crippen molar-refractivity contribution in [3.05, 3.63) is 77.2 Å². The summed E-state index contributed by atoms with van der Waals surface area (Å²) in [7, 11) is 0. The lowest BCUT2D eigenvalue weighted by Crippen LogP contribution is -2.29. The first kappa shape index (κ1) is 17.6. The fourth-order valence-electron chi connectivity index (χ4n) is 3.09. The molecule has 1 atom stereocenters. The van der Waals surface area contributed by atoms with E-state index in [1.54, 1.807) is 0 Å². The van der Waals surface area contributed by atoms with E-state index in [-0.39, 0.29) is 24.6 Å². The van der Waals surface area contributed by atoms with Crippen LogP contribution < -0.4 is 5.32 Å². The number of aliphatic imine (C=N–C) groups is 1. The number of benzene rings is 2. The molecule has 4 rings (SSSR count). The van der Waals surface area contributed by atoms with Crippen molar-refractivity contribution in [2.45, 2.75) is 25.4 Å². The molecule has 1 N–H and O–H groups in total. The van der Waals surface area contributed by atoms with Crippen molar-refractivity contribution in [3.8, 4) is 6.07 Å². The molecule has 0 radical (unpaired) electrons. The van der Waals surface area contributed by atoms with E-state index in [0.29, 0.717) is 12.3 Å². The second-order valence-corrected chi connectivity index (χ2v) is 6.35. The van der Waals surface area contributed by atoms with Gasteiger partial charge in [0.1, 0.15) is 0 Å². The van der Waals surface area contributed by atoms with Crippen LogP contribution in [0.1, 0.15) is 29.0 Å². The van der Waals surface area contributed by atoms with Crippen molar-refractivity contribution in [3.63, 3.8) is 0 Å². The molecule has 1 unspecified atom stereocenters. The highest BCUT2D eigenvalue weighted by molar-refractivity contribution is 6.16. The Bertz CT molecular complexity index is 1070. The average molecular weight is 371 g/mol. The lowest BCUT2D eigenvalue weighted by atomic mass is 9.96. The van der Waals surface area contributed by atoms with Crippen molar-refractivity contribution >= 4 is 17.5 Å². The predicted octanol–water partition coefficient (Wildman–Crippen LogP) is 2.93. The van der Waals surface area contributed by atoms with Crippen molar-refractivity contribution in [2.75, 3.05) is 5.32 Å². The normalized spacial score (nSPS) is 15.9. The molecular weight excluding hydrogens is 354 g/mol. The lowest BCUT2D eigenvalue weighted by molar-refractivity contribution is -0.119. The van der Waals surface area contributed by atoms with Gasteiger partial charge in [-0.2, -0.15) is 5.26 Å². The van der Waals surface area contributed by atoms with Crippen LogP contribution in [0.3, 0.4) is 0 Å². The number of fused-ring (bicyclic) bond motifs is 1. The smallest absolute Gasteiger partial charge is 0.317 e. The Labute approximate surface area is 161 Å². The van der Waals surface area contributed by atoms with Gasteiger partial charge in [-0.05, 0) is 5.56 Å². The van der Waals surface area contributed by atoms with Gasteiger partial charge in [-0.1, -0.05) is 59.7 Å². The molecule has 7 heteroatoms. The third-order valence-corrected chi connectivity index (χ3v) is 4.43. The van der Waals surface area contributed by atoms with Gasteiger partial charge in [0.05, 0.1) is 11.8 Å². The molecule has 7 nitrogen and oxygen atoms in total. The molecule has 0 saturated heterocycles. The molecule has 138 valence electrons. The van der Waals surface area contributed by atoms with E-state index in [1.807, 2.05) is 60.7 Å². The maximum Gasteiger partial charge on any atom is 0.317 e. The number of hydrogen-bond donors (Lipinski definition) is 1. The topological polar surface area (TPSA) is 104 Å². The number of nitrogens with zero attached hydrogens (tertiary/aromatic N) is 4. The summed E-state index contributed by atoms with van der Waals surface area (Å²) in [5, 5.41) is 19.4. The van der Waals surface area contributed by atoms with Crippen LogP contribution in [-0.4, -0.2) is 27.9 Å². The molecule has 0 fully saturated rings. The van der Waals surface area contributed by atoms with Crippen LogP contribution in [0, 0.1) is 11.3 Å². The van der Waals surface area contributed by atoms with Gasteiger partial charge in [0.15, 0.2) is 11.9 Å². The number of nitriles is 1. The summed E-state index contributed by atoms with van der Waals surface area (Å²) < 4.78 is 5.49. The van der Waals surface area contributed by atoms with Crippen LogP contribution in [0.25, 0.3) is 0 Å². The highest BCUT2D eigenvalue weighted by Gasteiger charge is 2.27. The summed E-state index contributed by atoms with van der Waals surface area (Å²) in [5.74, 6) is 0.260. The van der Waals surface area contributed by atoms with E-state index < -0.39 is 6.17 Å². The van der Waals surface area contributed by atoms with Gasteiger partial charge in [0.2, 0.25) is 5.89 Å². The first-order valence-corrected chi connectivity index (χ1v) is 8.94. The first-order valence-electron chi connectivity index (χ1n) is 8.94. The van der Waals surface area contributed by atoms with Gasteiger partial charge >= 0.3 is 6.01 Å². The van der Waals surface area contributed by atoms with Crippen LogP contribution >= 0.6 is 0 Å². The Balaban J connectivity index is 1.69. The Morgan fingerprint density at radius 3 is 2.71 bits per heavy atom. The number of nitrogens with one attached hydrogen (secondary N) is 1. The Kier molecular flexibility index (Phi) is 4.93. The molecule has 1 aliphatic rings. The molecule has 1 aliphatic heterocycles. The van der Waals surface area contributed by atoms with Crippen LogP contribution in [0.15, 0.2) is 64.0 Å². The molecule has 0 saturated carbocycles. The fraction of sp³-hybridized carbons (Fsp3) is 0.190. The van der Waals surface area contributed by atoms with Crippen LogP contribution in [0.2, 0.25) is 0 Å². The van der Waals surface area contributed by atoms with Gasteiger partial charge in [0.25, 0.3) is 0 Å². The van der Waals surface area contributed by atoms with E-state index in [0.717, 1.165) is 22.4 Å².